The quantitative estimate of drug-likeness (QED) is 0.522. The van der Waals surface area contributed by atoms with E-state index in [0.29, 0.717) is 11.3 Å². The first-order chi connectivity index (χ1) is 11.0. The number of hydrogen-bond acceptors (Lipinski definition) is 5. The predicted molar refractivity (Wildman–Crippen MR) is 89.0 cm³/mol. The monoisotopic (exact) mass is 312 g/mol. The Hall–Kier alpha value is -3.22. The third-order valence-electron chi connectivity index (χ3n) is 3.14. The Morgan fingerprint density at radius 3 is 2.57 bits per heavy atom. The number of anilines is 2. The van der Waals surface area contributed by atoms with Crippen molar-refractivity contribution < 1.29 is 9.72 Å². The van der Waals surface area contributed by atoms with Crippen molar-refractivity contribution in [2.75, 3.05) is 11.9 Å². The lowest BCUT2D eigenvalue weighted by molar-refractivity contribution is -0.384. The minimum Gasteiger partial charge on any atom is -0.339 e. The van der Waals surface area contributed by atoms with Crippen LogP contribution in [-0.4, -0.2) is 24.1 Å². The van der Waals surface area contributed by atoms with E-state index in [4.69, 9.17) is 0 Å². The summed E-state index contributed by atoms with van der Waals surface area (Å²) in [5.41, 5.74) is 4.05. The van der Waals surface area contributed by atoms with Crippen molar-refractivity contribution in [3.8, 4) is 0 Å². The zero-order valence-electron chi connectivity index (χ0n) is 12.8. The van der Waals surface area contributed by atoms with Gasteiger partial charge in [0.25, 0.3) is 5.69 Å². The molecule has 0 fully saturated rings. The fourth-order valence-electron chi connectivity index (χ4n) is 2.04. The lowest BCUT2D eigenvalue weighted by atomic mass is 10.1. The zero-order valence-corrected chi connectivity index (χ0v) is 12.8. The second-order valence-electron chi connectivity index (χ2n) is 4.83. The van der Waals surface area contributed by atoms with E-state index in [-0.39, 0.29) is 11.6 Å². The molecular formula is C16H16N4O3. The Morgan fingerprint density at radius 2 is 1.96 bits per heavy atom. The maximum Gasteiger partial charge on any atom is 0.293 e. The SMILES string of the molecule is CC(=O)N/N=C\c1ccc(N(C)c2ccccc2)c([N+](=O)[O-])c1. The van der Waals surface area contributed by atoms with Gasteiger partial charge in [-0.2, -0.15) is 5.10 Å². The van der Waals surface area contributed by atoms with Gasteiger partial charge in [-0.3, -0.25) is 14.9 Å². The van der Waals surface area contributed by atoms with Gasteiger partial charge in [-0.25, -0.2) is 5.43 Å². The normalized spacial score (nSPS) is 10.5. The highest BCUT2D eigenvalue weighted by Crippen LogP contribution is 2.32. The molecule has 0 aliphatic carbocycles. The molecule has 1 N–H and O–H groups in total. The van der Waals surface area contributed by atoms with Crippen molar-refractivity contribution in [2.45, 2.75) is 6.92 Å². The Labute approximate surface area is 133 Å². The molecule has 7 nitrogen and oxygen atoms in total. The fraction of sp³-hybridized carbons (Fsp3) is 0.125. The molecule has 0 saturated heterocycles. The van der Waals surface area contributed by atoms with E-state index >= 15 is 0 Å². The first-order valence-corrected chi connectivity index (χ1v) is 6.86. The fourth-order valence-corrected chi connectivity index (χ4v) is 2.04. The highest BCUT2D eigenvalue weighted by Gasteiger charge is 2.18. The molecule has 0 radical (unpaired) electrons. The molecule has 7 heteroatoms. The average molecular weight is 312 g/mol. The van der Waals surface area contributed by atoms with E-state index in [1.165, 1.54) is 19.2 Å². The number of para-hydroxylation sites is 1. The minimum atomic E-state index is -0.440. The number of hydrogen-bond donors (Lipinski definition) is 1. The molecule has 118 valence electrons. The molecule has 0 bridgehead atoms. The van der Waals surface area contributed by atoms with E-state index in [1.54, 1.807) is 24.1 Å². The lowest BCUT2D eigenvalue weighted by Gasteiger charge is -2.19. The van der Waals surface area contributed by atoms with Gasteiger partial charge in [-0.1, -0.05) is 24.3 Å². The smallest absolute Gasteiger partial charge is 0.293 e. The number of nitro groups is 1. The molecule has 0 spiro atoms. The van der Waals surface area contributed by atoms with Gasteiger partial charge in [0.15, 0.2) is 0 Å². The summed E-state index contributed by atoms with van der Waals surface area (Å²) in [6, 6.07) is 14.1. The summed E-state index contributed by atoms with van der Waals surface area (Å²) in [6.07, 6.45) is 1.36. The number of nitro benzene ring substituents is 1. The highest BCUT2D eigenvalue weighted by molar-refractivity contribution is 5.85. The topological polar surface area (TPSA) is 87.8 Å². The van der Waals surface area contributed by atoms with E-state index in [9.17, 15) is 14.9 Å². The summed E-state index contributed by atoms with van der Waals surface area (Å²) >= 11 is 0. The largest absolute Gasteiger partial charge is 0.339 e. The van der Waals surface area contributed by atoms with Crippen LogP contribution in [0.5, 0.6) is 0 Å². The summed E-state index contributed by atoms with van der Waals surface area (Å²) in [6.45, 7) is 1.33. The molecule has 2 aromatic rings. The molecule has 0 aliphatic heterocycles. The van der Waals surface area contributed by atoms with Gasteiger partial charge in [0.2, 0.25) is 5.91 Å². The maximum atomic E-state index is 11.4. The first-order valence-electron chi connectivity index (χ1n) is 6.86. The van der Waals surface area contributed by atoms with Gasteiger partial charge in [-0.05, 0) is 18.2 Å². The third-order valence-corrected chi connectivity index (χ3v) is 3.14. The molecule has 0 aromatic heterocycles. The molecule has 2 aromatic carbocycles. The molecule has 0 saturated carbocycles. The number of nitrogens with one attached hydrogen (secondary N) is 1. The number of amides is 1. The Kier molecular flexibility index (Phi) is 5.03. The van der Waals surface area contributed by atoms with E-state index in [1.807, 2.05) is 30.3 Å². The number of nitrogens with zero attached hydrogens (tertiary/aromatic N) is 3. The Balaban J connectivity index is 2.35. The second-order valence-corrected chi connectivity index (χ2v) is 4.83. The van der Waals surface area contributed by atoms with Crippen LogP contribution in [0.15, 0.2) is 53.6 Å². The summed E-state index contributed by atoms with van der Waals surface area (Å²) < 4.78 is 0. The molecule has 1 amide bonds. The van der Waals surface area contributed by atoms with Crippen LogP contribution in [0.4, 0.5) is 17.1 Å². The molecular weight excluding hydrogens is 296 g/mol. The van der Waals surface area contributed by atoms with Crippen molar-refractivity contribution in [3.05, 3.63) is 64.2 Å². The van der Waals surface area contributed by atoms with Crippen molar-refractivity contribution in [2.24, 2.45) is 5.10 Å². The minimum absolute atomic E-state index is 0.0388. The van der Waals surface area contributed by atoms with Crippen LogP contribution in [0, 0.1) is 10.1 Å². The van der Waals surface area contributed by atoms with Gasteiger partial charge in [0.05, 0.1) is 11.1 Å². The molecule has 23 heavy (non-hydrogen) atoms. The van der Waals surface area contributed by atoms with Crippen molar-refractivity contribution in [1.29, 1.82) is 0 Å². The van der Waals surface area contributed by atoms with Gasteiger partial charge in [0.1, 0.15) is 5.69 Å². The van der Waals surface area contributed by atoms with Crippen LogP contribution in [0.1, 0.15) is 12.5 Å². The van der Waals surface area contributed by atoms with E-state index in [0.717, 1.165) is 5.69 Å². The molecule has 0 unspecified atom stereocenters. The average Bonchev–Trinajstić information content (AvgIpc) is 2.54. The number of rotatable bonds is 5. The molecule has 0 aliphatic rings. The number of benzene rings is 2. The molecule has 0 atom stereocenters. The van der Waals surface area contributed by atoms with Gasteiger partial charge < -0.3 is 4.90 Å². The third kappa shape index (κ3) is 4.13. The standard InChI is InChI=1S/C16H16N4O3/c1-12(21)18-17-11-13-8-9-15(16(10-13)20(22)23)19(2)14-6-4-3-5-7-14/h3-11H,1-2H3,(H,18,21)/b17-11-. The Bertz CT molecular complexity index is 744. The van der Waals surface area contributed by atoms with Gasteiger partial charge >= 0.3 is 0 Å². The maximum absolute atomic E-state index is 11.4. The van der Waals surface area contributed by atoms with Gasteiger partial charge in [0, 0.05) is 31.3 Å². The zero-order chi connectivity index (χ0) is 16.8. The number of hydrazone groups is 1. The summed E-state index contributed by atoms with van der Waals surface area (Å²) in [5.74, 6) is -0.309. The predicted octanol–water partition coefficient (Wildman–Crippen LogP) is 2.83. The van der Waals surface area contributed by atoms with E-state index < -0.39 is 4.92 Å². The number of carbonyl (C=O) groups is 1. The van der Waals surface area contributed by atoms with Crippen LogP contribution < -0.4 is 10.3 Å². The van der Waals surface area contributed by atoms with Crippen LogP contribution >= 0.6 is 0 Å². The van der Waals surface area contributed by atoms with E-state index in [2.05, 4.69) is 10.5 Å². The van der Waals surface area contributed by atoms with Crippen LogP contribution in [0.25, 0.3) is 0 Å². The van der Waals surface area contributed by atoms with Crippen molar-refractivity contribution in [3.63, 3.8) is 0 Å². The van der Waals surface area contributed by atoms with Crippen molar-refractivity contribution in [1.82, 2.24) is 5.43 Å². The summed E-state index contributed by atoms with van der Waals surface area (Å²) in [7, 11) is 1.77. The van der Waals surface area contributed by atoms with Crippen molar-refractivity contribution >= 4 is 29.2 Å². The molecule has 2 rings (SSSR count). The lowest BCUT2D eigenvalue weighted by Crippen LogP contribution is -2.13. The Morgan fingerprint density at radius 1 is 1.26 bits per heavy atom. The van der Waals surface area contributed by atoms with Crippen LogP contribution in [0.3, 0.4) is 0 Å². The first kappa shape index (κ1) is 16.2. The van der Waals surface area contributed by atoms with Crippen LogP contribution in [0.2, 0.25) is 0 Å². The molecule has 0 heterocycles. The summed E-state index contributed by atoms with van der Waals surface area (Å²) in [5, 5.41) is 15.1. The summed E-state index contributed by atoms with van der Waals surface area (Å²) in [4.78, 5) is 23.4. The highest BCUT2D eigenvalue weighted by atomic mass is 16.6. The van der Waals surface area contributed by atoms with Crippen LogP contribution in [-0.2, 0) is 4.79 Å². The van der Waals surface area contributed by atoms with Gasteiger partial charge in [-0.15, -0.1) is 0 Å². The second kappa shape index (κ2) is 7.17. The number of carbonyl (C=O) groups excluding carboxylic acids is 1.